The Morgan fingerprint density at radius 2 is 1.67 bits per heavy atom. The summed E-state index contributed by atoms with van der Waals surface area (Å²) >= 11 is 0. The SMILES string of the molecule is CC1=[C-]C(C)(C)C(C)=C1C.[C-]1=CC=CC1.[Cl-].[Cl-].[Zr+2]. The van der Waals surface area contributed by atoms with Crippen LogP contribution in [0, 0.1) is 17.6 Å². The molecule has 3 heteroatoms. The summed E-state index contributed by atoms with van der Waals surface area (Å²) in [5.41, 5.74) is 4.39. The van der Waals surface area contributed by atoms with E-state index in [1.54, 1.807) is 0 Å². The Labute approximate surface area is 144 Å². The maximum atomic E-state index is 3.44. The van der Waals surface area contributed by atoms with Gasteiger partial charge in [-0.05, 0) is 0 Å². The van der Waals surface area contributed by atoms with E-state index in [-0.39, 0.29) is 56.4 Å². The van der Waals surface area contributed by atoms with E-state index in [1.165, 1.54) is 16.7 Å². The minimum absolute atomic E-state index is 0. The van der Waals surface area contributed by atoms with Gasteiger partial charge in [-0.1, -0.05) is 33.1 Å². The molecule has 18 heavy (non-hydrogen) atoms. The van der Waals surface area contributed by atoms with Crippen LogP contribution in [0.25, 0.3) is 0 Å². The average Bonchev–Trinajstić information content (AvgIpc) is 2.76. The van der Waals surface area contributed by atoms with Crippen LogP contribution < -0.4 is 24.8 Å². The normalized spacial score (nSPS) is 17.9. The standard InChI is InChI=1S/C10H15.C5H5.2ClH.Zr/c1-7-6-10(4,5)9(3)8(7)2;1-2-4-5-3-1;;;/h1-5H3;1-3H,4H2;2*1H;/q2*-1;;;+2/p-2. The predicted octanol–water partition coefficient (Wildman–Crippen LogP) is -1.58. The van der Waals surface area contributed by atoms with Crippen LogP contribution in [0.2, 0.25) is 0 Å². The van der Waals surface area contributed by atoms with Crippen molar-refractivity contribution in [2.24, 2.45) is 5.41 Å². The van der Waals surface area contributed by atoms with Crippen molar-refractivity contribution < 1.29 is 51.0 Å². The minimum Gasteiger partial charge on any atom is -1.00 e. The van der Waals surface area contributed by atoms with Crippen LogP contribution in [0.5, 0.6) is 0 Å². The fourth-order valence-electron chi connectivity index (χ4n) is 1.75. The molecule has 2 aliphatic carbocycles. The Balaban J connectivity index is -0.000000245. The molecule has 0 aromatic carbocycles. The molecule has 0 atom stereocenters. The monoisotopic (exact) mass is 360 g/mol. The summed E-state index contributed by atoms with van der Waals surface area (Å²) in [7, 11) is 0. The number of hydrogen-bond acceptors (Lipinski definition) is 0. The van der Waals surface area contributed by atoms with E-state index in [9.17, 15) is 0 Å². The van der Waals surface area contributed by atoms with Gasteiger partial charge in [-0.15, -0.1) is 13.3 Å². The van der Waals surface area contributed by atoms with Gasteiger partial charge in [0.2, 0.25) is 0 Å². The van der Waals surface area contributed by atoms with Crippen LogP contribution in [0.4, 0.5) is 0 Å². The zero-order chi connectivity index (χ0) is 11.5. The zero-order valence-corrected chi connectivity index (χ0v) is 15.7. The molecule has 0 saturated carbocycles. The van der Waals surface area contributed by atoms with Gasteiger partial charge in [-0.3, -0.25) is 12.2 Å². The van der Waals surface area contributed by atoms with Gasteiger partial charge in [-0.25, -0.2) is 17.7 Å². The van der Waals surface area contributed by atoms with Crippen LogP contribution in [-0.2, 0) is 26.2 Å². The van der Waals surface area contributed by atoms with E-state index in [0.717, 1.165) is 6.42 Å². The molecule has 0 spiro atoms. The smallest absolute Gasteiger partial charge is 1.00 e. The molecule has 0 N–H and O–H groups in total. The molecule has 0 bridgehead atoms. The van der Waals surface area contributed by atoms with Crippen LogP contribution in [0.15, 0.2) is 34.9 Å². The maximum absolute atomic E-state index is 3.44. The predicted molar refractivity (Wildman–Crippen MR) is 66.2 cm³/mol. The minimum atomic E-state index is 0. The molecular weight excluding hydrogens is 342 g/mol. The fourth-order valence-corrected chi connectivity index (χ4v) is 1.75. The Bertz CT molecular complexity index is 351. The first-order valence-corrected chi connectivity index (χ1v) is 5.47. The van der Waals surface area contributed by atoms with Crippen molar-refractivity contribution in [1.29, 1.82) is 0 Å². The average molecular weight is 362 g/mol. The second-order valence-corrected chi connectivity index (χ2v) is 4.63. The quantitative estimate of drug-likeness (QED) is 0.457. The molecule has 0 radical (unpaired) electrons. The van der Waals surface area contributed by atoms with Gasteiger partial charge in [0.05, 0.1) is 0 Å². The molecule has 0 aromatic rings. The molecule has 0 aromatic heterocycles. The zero-order valence-electron chi connectivity index (χ0n) is 11.7. The van der Waals surface area contributed by atoms with Gasteiger partial charge in [0.15, 0.2) is 0 Å². The van der Waals surface area contributed by atoms with Crippen LogP contribution in [0.3, 0.4) is 0 Å². The molecule has 0 amide bonds. The molecule has 0 heterocycles. The number of rotatable bonds is 0. The second kappa shape index (κ2) is 10.2. The number of allylic oxidation sites excluding steroid dienone is 8. The van der Waals surface area contributed by atoms with Crippen LogP contribution in [-0.4, -0.2) is 0 Å². The van der Waals surface area contributed by atoms with E-state index in [0.29, 0.717) is 0 Å². The number of hydrogen-bond donors (Lipinski definition) is 0. The molecule has 0 unspecified atom stereocenters. The van der Waals surface area contributed by atoms with E-state index >= 15 is 0 Å². The summed E-state index contributed by atoms with van der Waals surface area (Å²) < 4.78 is 0. The summed E-state index contributed by atoms with van der Waals surface area (Å²) in [4.78, 5) is 0. The first-order chi connectivity index (χ1) is 6.95. The summed E-state index contributed by atoms with van der Waals surface area (Å²) in [6, 6.07) is 0. The Morgan fingerprint density at radius 3 is 1.78 bits per heavy atom. The van der Waals surface area contributed by atoms with E-state index in [4.69, 9.17) is 0 Å². The molecule has 0 aliphatic heterocycles. The van der Waals surface area contributed by atoms with E-state index in [2.05, 4.69) is 52.8 Å². The van der Waals surface area contributed by atoms with Gasteiger partial charge in [0.25, 0.3) is 0 Å². The van der Waals surface area contributed by atoms with Crippen molar-refractivity contribution in [2.45, 2.75) is 41.0 Å². The third-order valence-electron chi connectivity index (χ3n) is 3.15. The molecule has 0 saturated heterocycles. The molecule has 100 valence electrons. The molecule has 2 rings (SSSR count). The molecule has 0 fully saturated rings. The van der Waals surface area contributed by atoms with Crippen LogP contribution in [0.1, 0.15) is 41.0 Å². The molecule has 0 nitrogen and oxygen atoms in total. The molecular formula is C15H20Cl2Zr-2. The van der Waals surface area contributed by atoms with Crippen molar-refractivity contribution in [3.63, 3.8) is 0 Å². The first-order valence-electron chi connectivity index (χ1n) is 5.47. The Hall–Kier alpha value is 0.423. The van der Waals surface area contributed by atoms with E-state index in [1.807, 2.05) is 12.2 Å². The van der Waals surface area contributed by atoms with Gasteiger partial charge < -0.3 is 24.8 Å². The van der Waals surface area contributed by atoms with Gasteiger partial charge in [-0.2, -0.15) is 17.2 Å². The van der Waals surface area contributed by atoms with Crippen molar-refractivity contribution >= 4 is 0 Å². The second-order valence-electron chi connectivity index (χ2n) is 4.63. The van der Waals surface area contributed by atoms with E-state index < -0.39 is 0 Å². The van der Waals surface area contributed by atoms with Crippen molar-refractivity contribution in [3.05, 3.63) is 47.1 Å². The first kappa shape index (κ1) is 23.5. The maximum Gasteiger partial charge on any atom is 2.00 e. The van der Waals surface area contributed by atoms with Crippen molar-refractivity contribution in [3.8, 4) is 0 Å². The topological polar surface area (TPSA) is 0 Å². The van der Waals surface area contributed by atoms with Crippen LogP contribution >= 0.6 is 0 Å². The van der Waals surface area contributed by atoms with Gasteiger partial charge >= 0.3 is 26.2 Å². The van der Waals surface area contributed by atoms with Crippen molar-refractivity contribution in [2.75, 3.05) is 0 Å². The Kier molecular flexibility index (Phi) is 13.4. The van der Waals surface area contributed by atoms with Crippen molar-refractivity contribution in [1.82, 2.24) is 0 Å². The summed E-state index contributed by atoms with van der Waals surface area (Å²) in [5.74, 6) is 0. The molecule has 2 aliphatic rings. The van der Waals surface area contributed by atoms with Gasteiger partial charge in [0.1, 0.15) is 0 Å². The summed E-state index contributed by atoms with van der Waals surface area (Å²) in [6.07, 6.45) is 13.4. The third-order valence-corrected chi connectivity index (χ3v) is 3.15. The largest absolute Gasteiger partial charge is 2.00 e. The summed E-state index contributed by atoms with van der Waals surface area (Å²) in [5, 5.41) is 0. The fraction of sp³-hybridized carbons (Fsp3) is 0.467. The third kappa shape index (κ3) is 6.55. The Morgan fingerprint density at radius 1 is 1.11 bits per heavy atom. The summed E-state index contributed by atoms with van der Waals surface area (Å²) in [6.45, 7) is 10.9. The van der Waals surface area contributed by atoms with Gasteiger partial charge in [0, 0.05) is 0 Å². The number of halogens is 2.